The summed E-state index contributed by atoms with van der Waals surface area (Å²) in [5.41, 5.74) is 1.76. The maximum atomic E-state index is 11.6. The second-order valence-corrected chi connectivity index (χ2v) is 3.38. The number of unbranched alkanes of at least 4 members (excludes halogenated alkanes) is 1. The highest BCUT2D eigenvalue weighted by molar-refractivity contribution is 6.04. The fraction of sp³-hybridized carbons (Fsp3) is 0.231. The van der Waals surface area contributed by atoms with Crippen LogP contribution in [0.1, 0.15) is 28.8 Å². The quantitative estimate of drug-likeness (QED) is 0.318. The van der Waals surface area contributed by atoms with Crippen LogP contribution in [0.25, 0.3) is 0 Å². The van der Waals surface area contributed by atoms with Crippen molar-refractivity contribution in [1.82, 2.24) is 0 Å². The summed E-state index contributed by atoms with van der Waals surface area (Å²) in [7, 11) is 0. The van der Waals surface area contributed by atoms with Crippen molar-refractivity contribution in [3.8, 4) is 0 Å². The number of hydrogen-bond donors (Lipinski definition) is 0. The van der Waals surface area contributed by atoms with Crippen molar-refractivity contribution >= 4 is 12.1 Å². The van der Waals surface area contributed by atoms with Crippen LogP contribution in [0.15, 0.2) is 36.4 Å². The maximum absolute atomic E-state index is 11.6. The van der Waals surface area contributed by atoms with E-state index in [1.54, 1.807) is 12.1 Å². The molecule has 0 N–H and O–H groups in total. The number of carbonyl (C=O) groups is 2. The van der Waals surface area contributed by atoms with Gasteiger partial charge in [0, 0.05) is 12.0 Å². The first-order valence-electron chi connectivity index (χ1n) is 4.95. The second kappa shape index (κ2) is 5.91. The van der Waals surface area contributed by atoms with Crippen LogP contribution < -0.4 is 0 Å². The molecule has 0 saturated heterocycles. The van der Waals surface area contributed by atoms with Gasteiger partial charge < -0.3 is 4.79 Å². The molecule has 0 saturated carbocycles. The standard InChI is InChI=1S/C13H14O2/c1-11-6-5-7-12(10-11)13(15)8-3-2-4-9-14/h3,5-10H,2,4H2,1H3/b8-3-. The molecule has 0 atom stereocenters. The van der Waals surface area contributed by atoms with E-state index in [-0.39, 0.29) is 5.78 Å². The third kappa shape index (κ3) is 3.90. The lowest BCUT2D eigenvalue weighted by Crippen LogP contribution is -1.94. The molecule has 0 aliphatic heterocycles. The van der Waals surface area contributed by atoms with Crippen LogP contribution >= 0.6 is 0 Å². The first-order chi connectivity index (χ1) is 7.24. The highest BCUT2D eigenvalue weighted by Gasteiger charge is 2.00. The number of rotatable bonds is 5. The van der Waals surface area contributed by atoms with E-state index in [0.29, 0.717) is 18.4 Å². The summed E-state index contributed by atoms with van der Waals surface area (Å²) < 4.78 is 0. The molecule has 0 aromatic heterocycles. The van der Waals surface area contributed by atoms with Gasteiger partial charge in [-0.25, -0.2) is 0 Å². The topological polar surface area (TPSA) is 34.1 Å². The number of aryl methyl sites for hydroxylation is 1. The summed E-state index contributed by atoms with van der Waals surface area (Å²) in [5.74, 6) is -0.00963. The smallest absolute Gasteiger partial charge is 0.185 e. The van der Waals surface area contributed by atoms with Crippen LogP contribution in [0.5, 0.6) is 0 Å². The van der Waals surface area contributed by atoms with Gasteiger partial charge >= 0.3 is 0 Å². The zero-order valence-corrected chi connectivity index (χ0v) is 8.77. The molecule has 2 nitrogen and oxygen atoms in total. The number of allylic oxidation sites excluding steroid dienone is 2. The number of aldehydes is 1. The van der Waals surface area contributed by atoms with Crippen LogP contribution in [-0.4, -0.2) is 12.1 Å². The van der Waals surface area contributed by atoms with Crippen LogP contribution in [0.2, 0.25) is 0 Å². The molecule has 15 heavy (non-hydrogen) atoms. The molecule has 0 fully saturated rings. The minimum atomic E-state index is -0.00963. The largest absolute Gasteiger partial charge is 0.303 e. The lowest BCUT2D eigenvalue weighted by atomic mass is 10.1. The number of hydrogen-bond acceptors (Lipinski definition) is 2. The van der Waals surface area contributed by atoms with E-state index in [9.17, 15) is 9.59 Å². The Morgan fingerprint density at radius 3 is 2.80 bits per heavy atom. The summed E-state index contributed by atoms with van der Waals surface area (Å²) in [4.78, 5) is 21.6. The molecule has 78 valence electrons. The van der Waals surface area contributed by atoms with Crippen LogP contribution in [0, 0.1) is 6.92 Å². The van der Waals surface area contributed by atoms with E-state index in [0.717, 1.165) is 11.8 Å². The highest BCUT2D eigenvalue weighted by Crippen LogP contribution is 2.05. The third-order valence-corrected chi connectivity index (χ3v) is 2.02. The van der Waals surface area contributed by atoms with Gasteiger partial charge in [0.05, 0.1) is 0 Å². The summed E-state index contributed by atoms with van der Waals surface area (Å²) in [6.07, 6.45) is 5.21. The van der Waals surface area contributed by atoms with Gasteiger partial charge in [0.1, 0.15) is 6.29 Å². The van der Waals surface area contributed by atoms with Crippen molar-refractivity contribution in [2.75, 3.05) is 0 Å². The normalized spacial score (nSPS) is 10.5. The first kappa shape index (κ1) is 11.4. The first-order valence-corrected chi connectivity index (χ1v) is 4.95. The molecule has 1 aromatic carbocycles. The Hall–Kier alpha value is -1.70. The van der Waals surface area contributed by atoms with Gasteiger partial charge in [0.25, 0.3) is 0 Å². The minimum absolute atomic E-state index is 0.00963. The van der Waals surface area contributed by atoms with E-state index in [4.69, 9.17) is 0 Å². The molecule has 0 aliphatic carbocycles. The zero-order valence-electron chi connectivity index (χ0n) is 8.77. The molecule has 2 heteroatoms. The Bertz CT molecular complexity index is 378. The second-order valence-electron chi connectivity index (χ2n) is 3.38. The highest BCUT2D eigenvalue weighted by atomic mass is 16.1. The number of carbonyl (C=O) groups excluding carboxylic acids is 2. The number of benzene rings is 1. The molecule has 1 rings (SSSR count). The molecule has 1 aromatic rings. The van der Waals surface area contributed by atoms with Crippen LogP contribution in [0.3, 0.4) is 0 Å². The average molecular weight is 202 g/mol. The molecular formula is C13H14O2. The Morgan fingerprint density at radius 2 is 2.13 bits per heavy atom. The molecule has 0 spiro atoms. The SMILES string of the molecule is Cc1cccc(C(=O)/C=C\CCC=O)c1. The summed E-state index contributed by atoms with van der Waals surface area (Å²) in [6.45, 7) is 1.95. The number of ketones is 1. The van der Waals surface area contributed by atoms with Crippen molar-refractivity contribution in [3.05, 3.63) is 47.5 Å². The average Bonchev–Trinajstić information content (AvgIpc) is 2.24. The summed E-state index contributed by atoms with van der Waals surface area (Å²) in [5, 5.41) is 0. The van der Waals surface area contributed by atoms with Gasteiger partial charge in [-0.15, -0.1) is 0 Å². The Labute approximate surface area is 89.6 Å². The van der Waals surface area contributed by atoms with Crippen LogP contribution in [0.4, 0.5) is 0 Å². The molecule has 0 amide bonds. The van der Waals surface area contributed by atoms with E-state index in [2.05, 4.69) is 0 Å². The lowest BCUT2D eigenvalue weighted by Gasteiger charge is -1.96. The molecule has 0 heterocycles. The van der Waals surface area contributed by atoms with Crippen LogP contribution in [-0.2, 0) is 4.79 Å². The van der Waals surface area contributed by atoms with Gasteiger partial charge in [0.15, 0.2) is 5.78 Å². The van der Waals surface area contributed by atoms with Gasteiger partial charge in [-0.3, -0.25) is 4.79 Å². The van der Waals surface area contributed by atoms with E-state index in [1.165, 1.54) is 6.08 Å². The van der Waals surface area contributed by atoms with Crippen molar-refractivity contribution in [2.45, 2.75) is 19.8 Å². The van der Waals surface area contributed by atoms with Crippen molar-refractivity contribution in [3.63, 3.8) is 0 Å². The zero-order chi connectivity index (χ0) is 11.1. The van der Waals surface area contributed by atoms with Gasteiger partial charge in [-0.1, -0.05) is 29.8 Å². The monoisotopic (exact) mass is 202 g/mol. The lowest BCUT2D eigenvalue weighted by molar-refractivity contribution is -0.107. The van der Waals surface area contributed by atoms with Crippen molar-refractivity contribution in [2.24, 2.45) is 0 Å². The maximum Gasteiger partial charge on any atom is 0.185 e. The van der Waals surface area contributed by atoms with Gasteiger partial charge in [0.2, 0.25) is 0 Å². The summed E-state index contributed by atoms with van der Waals surface area (Å²) in [6, 6.07) is 7.46. The molecule has 0 unspecified atom stereocenters. The molecule has 0 aliphatic rings. The van der Waals surface area contributed by atoms with Crippen molar-refractivity contribution in [1.29, 1.82) is 0 Å². The third-order valence-electron chi connectivity index (χ3n) is 2.02. The molecular weight excluding hydrogens is 188 g/mol. The Kier molecular flexibility index (Phi) is 4.48. The summed E-state index contributed by atoms with van der Waals surface area (Å²) >= 11 is 0. The molecule has 0 radical (unpaired) electrons. The minimum Gasteiger partial charge on any atom is -0.303 e. The Balaban J connectivity index is 2.61. The molecule has 0 bridgehead atoms. The van der Waals surface area contributed by atoms with Gasteiger partial charge in [-0.2, -0.15) is 0 Å². The predicted molar refractivity (Wildman–Crippen MR) is 59.9 cm³/mol. The van der Waals surface area contributed by atoms with Gasteiger partial charge in [-0.05, 0) is 25.5 Å². The van der Waals surface area contributed by atoms with E-state index >= 15 is 0 Å². The Morgan fingerprint density at radius 1 is 1.33 bits per heavy atom. The fourth-order valence-corrected chi connectivity index (χ4v) is 1.25. The van der Waals surface area contributed by atoms with Crippen molar-refractivity contribution < 1.29 is 9.59 Å². The predicted octanol–water partition coefficient (Wildman–Crippen LogP) is 2.71. The van der Waals surface area contributed by atoms with E-state index < -0.39 is 0 Å². The fourth-order valence-electron chi connectivity index (χ4n) is 1.25. The van der Waals surface area contributed by atoms with E-state index in [1.807, 2.05) is 25.1 Å².